The highest BCUT2D eigenvalue weighted by atomic mass is 14.8. The minimum atomic E-state index is 1.13. The predicted molar refractivity (Wildman–Crippen MR) is 37.1 cm³/mol. The molecule has 0 aliphatic rings. The third-order valence-electron chi connectivity index (χ3n) is 1.49. The fourth-order valence-corrected chi connectivity index (χ4v) is 0.998. The van der Waals surface area contributed by atoms with Crippen molar-refractivity contribution >= 4 is 11.0 Å². The van der Waals surface area contributed by atoms with Crippen LogP contribution in [0.4, 0.5) is 0 Å². The average Bonchev–Trinajstić information content (AvgIpc) is 2.05. The molecule has 0 fully saturated rings. The highest BCUT2D eigenvalue weighted by Crippen LogP contribution is 1.98. The van der Waals surface area contributed by atoms with E-state index in [1.807, 2.05) is 36.7 Å². The minimum Gasteiger partial charge on any atom is -0.201 e. The van der Waals surface area contributed by atoms with E-state index < -0.39 is 0 Å². The van der Waals surface area contributed by atoms with Crippen molar-refractivity contribution in [1.82, 2.24) is 0 Å². The Hall–Kier alpha value is -1.44. The Kier molecular flexibility index (Phi) is 1.10. The number of aromatic amines is 2. The number of nitrogens with one attached hydrogen (secondary N) is 2. The predicted octanol–water partition coefficient (Wildman–Crippen LogP) is 0.468. The van der Waals surface area contributed by atoms with Crippen molar-refractivity contribution in [3.63, 3.8) is 0 Å². The molecule has 0 bridgehead atoms. The molecule has 0 saturated heterocycles. The van der Waals surface area contributed by atoms with Gasteiger partial charge in [0.1, 0.15) is 0 Å². The summed E-state index contributed by atoms with van der Waals surface area (Å²) in [7, 11) is 0. The second kappa shape index (κ2) is 2.06. The van der Waals surface area contributed by atoms with Gasteiger partial charge in [-0.3, -0.25) is 0 Å². The van der Waals surface area contributed by atoms with Gasteiger partial charge < -0.3 is 0 Å². The Bertz CT molecular complexity index is 278. The molecule has 2 heteroatoms. The van der Waals surface area contributed by atoms with E-state index in [-0.39, 0.29) is 0 Å². The van der Waals surface area contributed by atoms with E-state index in [1.165, 1.54) is 0 Å². The van der Waals surface area contributed by atoms with Crippen molar-refractivity contribution in [1.29, 1.82) is 0 Å². The van der Waals surface area contributed by atoms with Crippen LogP contribution < -0.4 is 9.97 Å². The lowest BCUT2D eigenvalue weighted by Gasteiger charge is -1.79. The maximum atomic E-state index is 3.12. The van der Waals surface area contributed by atoms with Crippen molar-refractivity contribution in [3.05, 3.63) is 36.7 Å². The standard InChI is InChI=1S/C8H6N2/c1-2-4-8-7(3-1)9-5-6-10-8/h1-6H/p+2. The van der Waals surface area contributed by atoms with Gasteiger partial charge in [-0.25, -0.2) is 9.97 Å². The van der Waals surface area contributed by atoms with Gasteiger partial charge in [0.2, 0.25) is 12.4 Å². The van der Waals surface area contributed by atoms with Gasteiger partial charge in [0.25, 0.3) is 11.0 Å². The molecule has 2 aromatic rings. The van der Waals surface area contributed by atoms with E-state index in [0.717, 1.165) is 11.0 Å². The van der Waals surface area contributed by atoms with Crippen LogP contribution in [0.2, 0.25) is 0 Å². The maximum absolute atomic E-state index is 3.12. The normalized spacial score (nSPS) is 10.0. The van der Waals surface area contributed by atoms with Gasteiger partial charge in [-0.2, -0.15) is 0 Å². The van der Waals surface area contributed by atoms with Gasteiger partial charge in [-0.05, 0) is 0 Å². The van der Waals surface area contributed by atoms with Crippen LogP contribution in [0.25, 0.3) is 11.0 Å². The number of rotatable bonds is 0. The summed E-state index contributed by atoms with van der Waals surface area (Å²) in [5.74, 6) is 0. The fraction of sp³-hybridized carbons (Fsp3) is 0. The first kappa shape index (κ1) is 5.35. The summed E-state index contributed by atoms with van der Waals surface area (Å²) >= 11 is 0. The van der Waals surface area contributed by atoms with Crippen molar-refractivity contribution < 1.29 is 9.97 Å². The second-order valence-corrected chi connectivity index (χ2v) is 2.17. The highest BCUT2D eigenvalue weighted by Gasteiger charge is 2.00. The molecule has 0 spiro atoms. The summed E-state index contributed by atoms with van der Waals surface area (Å²) in [5, 5.41) is 0. The quantitative estimate of drug-likeness (QED) is 0.498. The maximum Gasteiger partial charge on any atom is 0.275 e. The van der Waals surface area contributed by atoms with Crippen LogP contribution in [0.15, 0.2) is 36.7 Å². The molecule has 10 heavy (non-hydrogen) atoms. The summed E-state index contributed by atoms with van der Waals surface area (Å²) in [4.78, 5) is 6.24. The lowest BCUT2D eigenvalue weighted by Crippen LogP contribution is -2.12. The molecule has 0 saturated carbocycles. The van der Waals surface area contributed by atoms with Gasteiger partial charge in [0.15, 0.2) is 0 Å². The van der Waals surface area contributed by atoms with E-state index in [4.69, 9.17) is 0 Å². The summed E-state index contributed by atoms with van der Waals surface area (Å²) in [6, 6.07) is 8.08. The first-order valence-electron chi connectivity index (χ1n) is 3.24. The topological polar surface area (TPSA) is 28.3 Å². The third-order valence-corrected chi connectivity index (χ3v) is 1.49. The average molecular weight is 132 g/mol. The number of benzene rings is 1. The van der Waals surface area contributed by atoms with E-state index in [2.05, 4.69) is 9.97 Å². The van der Waals surface area contributed by atoms with Crippen molar-refractivity contribution in [2.75, 3.05) is 0 Å². The van der Waals surface area contributed by atoms with Gasteiger partial charge >= 0.3 is 0 Å². The molecule has 0 aliphatic carbocycles. The SMILES string of the molecule is c1ccc2[nH+]cc[nH+]c2c1. The molecule has 0 amide bonds. The molecule has 0 aliphatic heterocycles. The molecule has 48 valence electrons. The fourth-order valence-electron chi connectivity index (χ4n) is 0.998. The molecule has 2 nitrogen and oxygen atoms in total. The molecule has 1 aromatic carbocycles. The summed E-state index contributed by atoms with van der Waals surface area (Å²) in [5.41, 5.74) is 2.26. The second-order valence-electron chi connectivity index (χ2n) is 2.17. The van der Waals surface area contributed by atoms with E-state index in [0.29, 0.717) is 0 Å². The largest absolute Gasteiger partial charge is 0.275 e. The van der Waals surface area contributed by atoms with Crippen LogP contribution in [-0.2, 0) is 0 Å². The summed E-state index contributed by atoms with van der Waals surface area (Å²) in [6.07, 6.45) is 3.75. The van der Waals surface area contributed by atoms with Crippen LogP contribution in [0.3, 0.4) is 0 Å². The highest BCUT2D eigenvalue weighted by molar-refractivity contribution is 5.65. The first-order valence-corrected chi connectivity index (χ1v) is 3.24. The van der Waals surface area contributed by atoms with Crippen molar-refractivity contribution in [2.24, 2.45) is 0 Å². The van der Waals surface area contributed by atoms with Gasteiger partial charge in [0, 0.05) is 12.1 Å². The molecular weight excluding hydrogens is 124 g/mol. The summed E-state index contributed by atoms with van der Waals surface area (Å²) in [6.45, 7) is 0. The van der Waals surface area contributed by atoms with Gasteiger partial charge in [0.05, 0.1) is 0 Å². The summed E-state index contributed by atoms with van der Waals surface area (Å²) < 4.78 is 0. The Labute approximate surface area is 58.6 Å². The zero-order valence-corrected chi connectivity index (χ0v) is 5.46. The smallest absolute Gasteiger partial charge is 0.201 e. The molecule has 2 rings (SSSR count). The van der Waals surface area contributed by atoms with Gasteiger partial charge in [-0.1, -0.05) is 12.1 Å². The number of aromatic nitrogens is 2. The van der Waals surface area contributed by atoms with Crippen molar-refractivity contribution in [3.8, 4) is 0 Å². The number of hydrogen-bond donors (Lipinski definition) is 0. The van der Waals surface area contributed by atoms with E-state index in [9.17, 15) is 0 Å². The molecule has 0 unspecified atom stereocenters. The molecule has 2 N–H and O–H groups in total. The van der Waals surface area contributed by atoms with Crippen molar-refractivity contribution in [2.45, 2.75) is 0 Å². The lowest BCUT2D eigenvalue weighted by molar-refractivity contribution is -0.405. The molecule has 0 radical (unpaired) electrons. The Balaban J connectivity index is 2.89. The number of H-pyrrole nitrogens is 2. The molecule has 1 heterocycles. The number of hydrogen-bond acceptors (Lipinski definition) is 0. The third kappa shape index (κ3) is 0.739. The Morgan fingerprint density at radius 2 is 1.30 bits per heavy atom. The van der Waals surface area contributed by atoms with Crippen LogP contribution in [0.1, 0.15) is 0 Å². The van der Waals surface area contributed by atoms with Gasteiger partial charge in [-0.15, -0.1) is 0 Å². The first-order chi connectivity index (χ1) is 4.97. The Morgan fingerprint density at radius 1 is 0.800 bits per heavy atom. The zero-order chi connectivity index (χ0) is 6.81. The van der Waals surface area contributed by atoms with E-state index >= 15 is 0 Å². The monoisotopic (exact) mass is 132 g/mol. The molecule has 1 aromatic heterocycles. The molecule has 0 atom stereocenters. The zero-order valence-electron chi connectivity index (χ0n) is 5.46. The van der Waals surface area contributed by atoms with Crippen LogP contribution in [0, 0.1) is 0 Å². The number of fused-ring (bicyclic) bond motifs is 1. The number of para-hydroxylation sites is 2. The van der Waals surface area contributed by atoms with E-state index in [1.54, 1.807) is 0 Å². The van der Waals surface area contributed by atoms with Crippen LogP contribution >= 0.6 is 0 Å². The van der Waals surface area contributed by atoms with Crippen LogP contribution in [-0.4, -0.2) is 0 Å². The Morgan fingerprint density at radius 3 is 1.80 bits per heavy atom. The van der Waals surface area contributed by atoms with Crippen LogP contribution in [0.5, 0.6) is 0 Å². The minimum absolute atomic E-state index is 1.13. The lowest BCUT2D eigenvalue weighted by atomic mass is 10.3. The molecular formula is C8H8N2+2.